The molecule has 0 bridgehead atoms. The number of hydrogen-bond acceptors (Lipinski definition) is 5. The van der Waals surface area contributed by atoms with Crippen LogP contribution in [0, 0.1) is 0 Å². The molecule has 3 aliphatic rings. The first kappa shape index (κ1) is 12.4. The highest BCUT2D eigenvalue weighted by Gasteiger charge is 2.55. The Morgan fingerprint density at radius 2 is 1.74 bits per heavy atom. The van der Waals surface area contributed by atoms with E-state index < -0.39 is 0 Å². The highest BCUT2D eigenvalue weighted by molar-refractivity contribution is 5.94. The smallest absolute Gasteiger partial charge is 0.315 e. The normalized spacial score (nSPS) is 39.3. The molecule has 2 heterocycles. The van der Waals surface area contributed by atoms with Gasteiger partial charge in [-0.05, 0) is 6.42 Å². The van der Waals surface area contributed by atoms with Crippen molar-refractivity contribution in [3.63, 3.8) is 0 Å². The Morgan fingerprint density at radius 3 is 2.26 bits per heavy atom. The van der Waals surface area contributed by atoms with Gasteiger partial charge in [0.15, 0.2) is 0 Å². The minimum Gasteiger partial charge on any atom is -0.333 e. The van der Waals surface area contributed by atoms with Crippen LogP contribution in [0.15, 0.2) is 0 Å². The zero-order chi connectivity index (χ0) is 13.7. The SMILES string of the molecule is CC(=O)N(C(C)=O)C1C2NNC2CC2NC(=O)NC21. The molecule has 4 N–H and O–H groups in total. The summed E-state index contributed by atoms with van der Waals surface area (Å²) in [4.78, 5) is 36.3. The monoisotopic (exact) mass is 267 g/mol. The molecule has 8 heteroatoms. The molecule has 1 aliphatic carbocycles. The lowest BCUT2D eigenvalue weighted by Crippen LogP contribution is -2.81. The summed E-state index contributed by atoms with van der Waals surface area (Å²) < 4.78 is 0. The number of hydrogen-bond donors (Lipinski definition) is 4. The van der Waals surface area contributed by atoms with E-state index in [-0.39, 0.29) is 48.1 Å². The van der Waals surface area contributed by atoms with E-state index in [1.807, 2.05) is 0 Å². The second-order valence-electron chi connectivity index (χ2n) is 5.31. The van der Waals surface area contributed by atoms with E-state index in [1.165, 1.54) is 18.7 Å². The van der Waals surface area contributed by atoms with Crippen LogP contribution in [0.4, 0.5) is 4.79 Å². The zero-order valence-corrected chi connectivity index (χ0v) is 10.8. The summed E-state index contributed by atoms with van der Waals surface area (Å²) >= 11 is 0. The van der Waals surface area contributed by atoms with Crippen molar-refractivity contribution in [2.24, 2.45) is 0 Å². The molecule has 2 aliphatic heterocycles. The number of hydrazine groups is 1. The molecule has 8 nitrogen and oxygen atoms in total. The zero-order valence-electron chi connectivity index (χ0n) is 10.8. The van der Waals surface area contributed by atoms with Crippen LogP contribution >= 0.6 is 0 Å². The summed E-state index contributed by atoms with van der Waals surface area (Å²) in [5.41, 5.74) is 6.10. The Bertz CT molecular complexity index is 440. The number of urea groups is 1. The van der Waals surface area contributed by atoms with Gasteiger partial charge >= 0.3 is 6.03 Å². The van der Waals surface area contributed by atoms with Crippen molar-refractivity contribution in [1.29, 1.82) is 0 Å². The third-order valence-electron chi connectivity index (χ3n) is 4.14. The summed E-state index contributed by atoms with van der Waals surface area (Å²) in [5.74, 6) is -0.599. The van der Waals surface area contributed by atoms with Crippen LogP contribution in [0.1, 0.15) is 20.3 Å². The molecule has 5 unspecified atom stereocenters. The van der Waals surface area contributed by atoms with Gasteiger partial charge in [-0.1, -0.05) is 0 Å². The standard InChI is InChI=1S/C11H17N5O3/c1-4(17)16(5(2)18)10-8-6(12-11(19)13-8)3-7-9(10)15-14-7/h6-10,14-15H,3H2,1-2H3,(H2,12,13,19). The second kappa shape index (κ2) is 4.17. The van der Waals surface area contributed by atoms with Gasteiger partial charge in [0.25, 0.3) is 0 Å². The van der Waals surface area contributed by atoms with E-state index in [0.29, 0.717) is 0 Å². The first-order valence-electron chi connectivity index (χ1n) is 6.37. The van der Waals surface area contributed by atoms with Gasteiger partial charge in [0.05, 0.1) is 24.2 Å². The van der Waals surface area contributed by atoms with Crippen LogP contribution in [0.2, 0.25) is 0 Å². The molecule has 0 radical (unpaired) electrons. The van der Waals surface area contributed by atoms with E-state index in [4.69, 9.17) is 0 Å². The van der Waals surface area contributed by atoms with Crippen molar-refractivity contribution < 1.29 is 14.4 Å². The number of imide groups is 1. The van der Waals surface area contributed by atoms with Gasteiger partial charge < -0.3 is 10.6 Å². The summed E-state index contributed by atoms with van der Waals surface area (Å²) in [6.07, 6.45) is 0.779. The second-order valence-corrected chi connectivity index (χ2v) is 5.31. The Labute approximate surface area is 110 Å². The quantitative estimate of drug-likeness (QED) is 0.442. The van der Waals surface area contributed by atoms with Crippen molar-refractivity contribution in [2.45, 2.75) is 50.5 Å². The minimum absolute atomic E-state index is 0.0192. The maximum Gasteiger partial charge on any atom is 0.315 e. The predicted octanol–water partition coefficient (Wildman–Crippen LogP) is -1.95. The van der Waals surface area contributed by atoms with E-state index in [9.17, 15) is 14.4 Å². The number of nitrogens with one attached hydrogen (secondary N) is 4. The molecule has 4 amide bonds. The average Bonchev–Trinajstić information content (AvgIpc) is 2.62. The molecule has 5 atom stereocenters. The topological polar surface area (TPSA) is 103 Å². The fourth-order valence-electron chi connectivity index (χ4n) is 3.37. The Hall–Kier alpha value is -1.67. The van der Waals surface area contributed by atoms with Crippen molar-refractivity contribution in [3.05, 3.63) is 0 Å². The van der Waals surface area contributed by atoms with Gasteiger partial charge in [0.1, 0.15) is 0 Å². The molecule has 0 aromatic heterocycles. The Balaban J connectivity index is 1.93. The van der Waals surface area contributed by atoms with Crippen LogP contribution in [-0.2, 0) is 9.59 Å². The van der Waals surface area contributed by atoms with Gasteiger partial charge in [0.2, 0.25) is 11.8 Å². The molecule has 104 valence electrons. The fourth-order valence-corrected chi connectivity index (χ4v) is 3.37. The molecule has 0 aromatic rings. The Morgan fingerprint density at radius 1 is 1.05 bits per heavy atom. The van der Waals surface area contributed by atoms with Crippen molar-refractivity contribution in [1.82, 2.24) is 26.4 Å². The van der Waals surface area contributed by atoms with Crippen LogP contribution < -0.4 is 21.5 Å². The molecule has 19 heavy (non-hydrogen) atoms. The largest absolute Gasteiger partial charge is 0.333 e. The van der Waals surface area contributed by atoms with Crippen LogP contribution in [-0.4, -0.2) is 53.0 Å². The summed E-state index contributed by atoms with van der Waals surface area (Å²) in [6.45, 7) is 2.74. The number of carbonyl (C=O) groups excluding carboxylic acids is 3. The summed E-state index contributed by atoms with van der Waals surface area (Å²) in [6, 6.07) is -0.764. The molecule has 3 fully saturated rings. The number of fused-ring (bicyclic) bond motifs is 2. The molecule has 0 aromatic carbocycles. The van der Waals surface area contributed by atoms with E-state index in [1.54, 1.807) is 0 Å². The lowest BCUT2D eigenvalue weighted by Gasteiger charge is -2.53. The third-order valence-corrected chi connectivity index (χ3v) is 4.14. The van der Waals surface area contributed by atoms with E-state index in [0.717, 1.165) is 6.42 Å². The van der Waals surface area contributed by atoms with Crippen LogP contribution in [0.25, 0.3) is 0 Å². The molecule has 1 saturated carbocycles. The van der Waals surface area contributed by atoms with Gasteiger partial charge in [-0.25, -0.2) is 4.79 Å². The van der Waals surface area contributed by atoms with E-state index in [2.05, 4.69) is 21.5 Å². The first-order valence-corrected chi connectivity index (χ1v) is 6.37. The van der Waals surface area contributed by atoms with Crippen molar-refractivity contribution in [2.75, 3.05) is 0 Å². The minimum atomic E-state index is -0.362. The number of amides is 4. The average molecular weight is 267 g/mol. The first-order chi connectivity index (χ1) is 8.99. The molecule has 0 spiro atoms. The van der Waals surface area contributed by atoms with Gasteiger partial charge in [-0.15, -0.1) is 0 Å². The molecular formula is C11H17N5O3. The summed E-state index contributed by atoms with van der Waals surface area (Å²) in [7, 11) is 0. The maximum absolute atomic E-state index is 11.8. The Kier molecular flexibility index (Phi) is 2.72. The van der Waals surface area contributed by atoms with Crippen molar-refractivity contribution in [3.8, 4) is 0 Å². The fraction of sp³-hybridized carbons (Fsp3) is 0.727. The van der Waals surface area contributed by atoms with Crippen molar-refractivity contribution >= 4 is 17.8 Å². The molecular weight excluding hydrogens is 250 g/mol. The lowest BCUT2D eigenvalue weighted by atomic mass is 9.77. The molecule has 3 rings (SSSR count). The lowest BCUT2D eigenvalue weighted by molar-refractivity contribution is -0.149. The highest BCUT2D eigenvalue weighted by Crippen LogP contribution is 2.30. The predicted molar refractivity (Wildman–Crippen MR) is 64.7 cm³/mol. The third kappa shape index (κ3) is 1.79. The summed E-state index contributed by atoms with van der Waals surface area (Å²) in [5, 5.41) is 5.65. The number of carbonyl (C=O) groups is 3. The number of rotatable bonds is 1. The van der Waals surface area contributed by atoms with Gasteiger partial charge in [-0.3, -0.25) is 25.3 Å². The highest BCUT2D eigenvalue weighted by atomic mass is 16.2. The molecule has 2 saturated heterocycles. The van der Waals surface area contributed by atoms with Crippen LogP contribution in [0.5, 0.6) is 0 Å². The number of nitrogens with zero attached hydrogens (tertiary/aromatic N) is 1. The van der Waals surface area contributed by atoms with Gasteiger partial charge in [0, 0.05) is 19.9 Å². The maximum atomic E-state index is 11.8. The van der Waals surface area contributed by atoms with Crippen LogP contribution in [0.3, 0.4) is 0 Å². The van der Waals surface area contributed by atoms with Gasteiger partial charge in [-0.2, -0.15) is 0 Å². The van der Waals surface area contributed by atoms with E-state index >= 15 is 0 Å².